The lowest BCUT2D eigenvalue weighted by Crippen LogP contribution is -2.56. The lowest BCUT2D eigenvalue weighted by atomic mass is 9.99. The minimum atomic E-state index is -4.18. The highest BCUT2D eigenvalue weighted by Crippen LogP contribution is 2.10. The van der Waals surface area contributed by atoms with Crippen LogP contribution in [0.5, 0.6) is 0 Å². The third kappa shape index (κ3) is 4.98. The highest BCUT2D eigenvalue weighted by molar-refractivity contribution is 7.83. The van der Waals surface area contributed by atoms with Crippen molar-refractivity contribution in [2.75, 3.05) is 19.6 Å². The van der Waals surface area contributed by atoms with Crippen molar-refractivity contribution in [2.24, 2.45) is 0 Å². The van der Waals surface area contributed by atoms with Crippen molar-refractivity contribution in [3.05, 3.63) is 0 Å². The van der Waals surface area contributed by atoms with Gasteiger partial charge < -0.3 is 16.0 Å². The van der Waals surface area contributed by atoms with Gasteiger partial charge in [0.2, 0.25) is 5.91 Å². The van der Waals surface area contributed by atoms with Crippen molar-refractivity contribution in [1.82, 2.24) is 20.7 Å². The zero-order valence-corrected chi connectivity index (χ0v) is 12.1. The minimum Gasteiger partial charge on any atom is -0.352 e. The molecule has 0 aromatic heterocycles. The fraction of sp³-hybridized carbons (Fsp3) is 0.909. The molecule has 2 fully saturated rings. The van der Waals surface area contributed by atoms with E-state index in [4.69, 9.17) is 4.55 Å². The first-order valence-corrected chi connectivity index (χ1v) is 8.37. The van der Waals surface area contributed by atoms with Crippen LogP contribution in [0.25, 0.3) is 0 Å². The zero-order valence-electron chi connectivity index (χ0n) is 11.3. The summed E-state index contributed by atoms with van der Waals surface area (Å²) in [6.45, 7) is 2.18. The molecular weight excluding hydrogens is 284 g/mol. The van der Waals surface area contributed by atoms with Gasteiger partial charge in [-0.25, -0.2) is 0 Å². The molecule has 0 unspecified atom stereocenters. The molecule has 2 aliphatic rings. The number of piperidine rings is 2. The molecule has 0 spiro atoms. The summed E-state index contributed by atoms with van der Waals surface area (Å²) in [4.78, 5) is 12.1. The maximum absolute atomic E-state index is 12.1. The third-order valence-corrected chi connectivity index (χ3v) is 4.36. The number of hydrogen-bond donors (Lipinski definition) is 5. The number of hydrogen-bond acceptors (Lipinski definition) is 5. The quantitative estimate of drug-likeness (QED) is 0.398. The van der Waals surface area contributed by atoms with E-state index >= 15 is 0 Å². The third-order valence-electron chi connectivity index (χ3n) is 3.73. The van der Waals surface area contributed by atoms with E-state index in [0.29, 0.717) is 19.4 Å². The Hall–Kier alpha value is -0.740. The standard InChI is InChI=1S/C11H22N4O4S/c16-11(14-8-3-5-12-6-4-8)10-2-1-9(7-13-10)15-20(17,18)19/h8-10,12-13,15H,1-7H2,(H,14,16)(H,17,18,19)/t9-,10+/m1/s1. The van der Waals surface area contributed by atoms with Gasteiger partial charge in [0.05, 0.1) is 6.04 Å². The van der Waals surface area contributed by atoms with Crippen LogP contribution in [-0.4, -0.2) is 56.6 Å². The first kappa shape index (κ1) is 15.6. The van der Waals surface area contributed by atoms with Gasteiger partial charge in [0.1, 0.15) is 0 Å². The summed E-state index contributed by atoms with van der Waals surface area (Å²) in [5.41, 5.74) is 0. The number of carbonyl (C=O) groups excluding carboxylic acids is 1. The molecular formula is C11H22N4O4S. The molecule has 2 rings (SSSR count). The second kappa shape index (κ2) is 6.81. The van der Waals surface area contributed by atoms with Gasteiger partial charge in [-0.3, -0.25) is 9.35 Å². The van der Waals surface area contributed by atoms with E-state index in [-0.39, 0.29) is 24.0 Å². The van der Waals surface area contributed by atoms with E-state index in [2.05, 4.69) is 20.7 Å². The average molecular weight is 306 g/mol. The number of amides is 1. The minimum absolute atomic E-state index is 0.0257. The molecule has 0 aromatic carbocycles. The monoisotopic (exact) mass is 306 g/mol. The van der Waals surface area contributed by atoms with E-state index in [0.717, 1.165) is 25.9 Å². The van der Waals surface area contributed by atoms with Gasteiger partial charge in [-0.15, -0.1) is 0 Å². The summed E-state index contributed by atoms with van der Waals surface area (Å²) < 4.78 is 32.3. The Morgan fingerprint density at radius 2 is 1.80 bits per heavy atom. The van der Waals surface area contributed by atoms with Gasteiger partial charge in [0, 0.05) is 18.6 Å². The van der Waals surface area contributed by atoms with Gasteiger partial charge >= 0.3 is 10.3 Å². The molecule has 0 saturated carbocycles. The molecule has 2 heterocycles. The SMILES string of the molecule is O=C(NC1CCNCC1)[C@@H]1CC[C@@H](NS(=O)(=O)O)CN1. The molecule has 0 aromatic rings. The van der Waals surface area contributed by atoms with E-state index in [1.807, 2.05) is 0 Å². The second-order valence-electron chi connectivity index (χ2n) is 5.36. The predicted octanol–water partition coefficient (Wildman–Crippen LogP) is -1.63. The number of rotatable bonds is 4. The van der Waals surface area contributed by atoms with Crippen LogP contribution in [-0.2, 0) is 15.1 Å². The highest BCUT2D eigenvalue weighted by atomic mass is 32.2. The molecule has 2 atom stereocenters. The van der Waals surface area contributed by atoms with Crippen LogP contribution in [0.1, 0.15) is 25.7 Å². The van der Waals surface area contributed by atoms with Gasteiger partial charge in [-0.1, -0.05) is 0 Å². The molecule has 1 amide bonds. The van der Waals surface area contributed by atoms with Gasteiger partial charge in [0.25, 0.3) is 0 Å². The van der Waals surface area contributed by atoms with Crippen molar-refractivity contribution in [3.63, 3.8) is 0 Å². The number of nitrogens with one attached hydrogen (secondary N) is 4. The van der Waals surface area contributed by atoms with Gasteiger partial charge in [-0.05, 0) is 38.8 Å². The van der Waals surface area contributed by atoms with E-state index < -0.39 is 10.3 Å². The van der Waals surface area contributed by atoms with Crippen molar-refractivity contribution in [2.45, 2.75) is 43.8 Å². The van der Waals surface area contributed by atoms with Crippen molar-refractivity contribution in [1.29, 1.82) is 0 Å². The molecule has 0 bridgehead atoms. The van der Waals surface area contributed by atoms with Crippen molar-refractivity contribution >= 4 is 16.2 Å². The Morgan fingerprint density at radius 1 is 1.10 bits per heavy atom. The molecule has 5 N–H and O–H groups in total. The van der Waals surface area contributed by atoms with Crippen LogP contribution >= 0.6 is 0 Å². The predicted molar refractivity (Wildman–Crippen MR) is 73.5 cm³/mol. The van der Waals surface area contributed by atoms with E-state index in [1.165, 1.54) is 0 Å². The fourth-order valence-electron chi connectivity index (χ4n) is 2.66. The Bertz CT molecular complexity index is 428. The molecule has 9 heteroatoms. The maximum atomic E-state index is 12.1. The fourth-order valence-corrected chi connectivity index (χ4v) is 3.28. The number of carbonyl (C=O) groups is 1. The van der Waals surface area contributed by atoms with Crippen LogP contribution in [0.3, 0.4) is 0 Å². The average Bonchev–Trinajstić information content (AvgIpc) is 2.39. The Kier molecular flexibility index (Phi) is 5.33. The van der Waals surface area contributed by atoms with E-state index in [9.17, 15) is 13.2 Å². The second-order valence-corrected chi connectivity index (χ2v) is 6.55. The van der Waals surface area contributed by atoms with Gasteiger partial charge in [-0.2, -0.15) is 13.1 Å². The molecule has 2 aliphatic heterocycles. The van der Waals surface area contributed by atoms with Crippen molar-refractivity contribution < 1.29 is 17.8 Å². The Balaban J connectivity index is 1.74. The topological polar surface area (TPSA) is 120 Å². The molecule has 20 heavy (non-hydrogen) atoms. The summed E-state index contributed by atoms with van der Waals surface area (Å²) in [6.07, 6.45) is 2.94. The molecule has 8 nitrogen and oxygen atoms in total. The van der Waals surface area contributed by atoms with E-state index in [1.54, 1.807) is 0 Å². The lowest BCUT2D eigenvalue weighted by molar-refractivity contribution is -0.124. The van der Waals surface area contributed by atoms with Crippen LogP contribution in [0.15, 0.2) is 0 Å². The Labute approximate surface area is 119 Å². The lowest BCUT2D eigenvalue weighted by Gasteiger charge is -2.31. The summed E-state index contributed by atoms with van der Waals surface area (Å²) >= 11 is 0. The van der Waals surface area contributed by atoms with Crippen LogP contribution < -0.4 is 20.7 Å². The molecule has 2 saturated heterocycles. The van der Waals surface area contributed by atoms with Crippen molar-refractivity contribution in [3.8, 4) is 0 Å². The zero-order chi connectivity index (χ0) is 14.6. The van der Waals surface area contributed by atoms with Crippen LogP contribution in [0, 0.1) is 0 Å². The highest BCUT2D eigenvalue weighted by Gasteiger charge is 2.28. The van der Waals surface area contributed by atoms with Gasteiger partial charge in [0.15, 0.2) is 0 Å². The molecule has 0 radical (unpaired) electrons. The first-order valence-electron chi connectivity index (χ1n) is 6.93. The normalized spacial score (nSPS) is 29.1. The molecule has 116 valence electrons. The summed E-state index contributed by atoms with van der Waals surface area (Å²) in [7, 11) is -4.18. The summed E-state index contributed by atoms with van der Waals surface area (Å²) in [6, 6.07) is -0.434. The van der Waals surface area contributed by atoms with Crippen LogP contribution in [0.4, 0.5) is 0 Å². The maximum Gasteiger partial charge on any atom is 0.333 e. The first-order chi connectivity index (χ1) is 9.44. The molecule has 0 aliphatic carbocycles. The largest absolute Gasteiger partial charge is 0.352 e. The summed E-state index contributed by atoms with van der Waals surface area (Å²) in [5.74, 6) is -0.0257. The van der Waals surface area contributed by atoms with Crippen LogP contribution in [0.2, 0.25) is 0 Å². The summed E-state index contributed by atoms with van der Waals surface area (Å²) in [5, 5.41) is 9.28. The Morgan fingerprint density at radius 3 is 2.35 bits per heavy atom. The smallest absolute Gasteiger partial charge is 0.333 e.